The molecular formula is C25H25F4N3O7. The number of carboxylic acid groups (broad SMARTS) is 2. The van der Waals surface area contributed by atoms with Crippen LogP contribution in [0.2, 0.25) is 0 Å². The number of carbonyl (C=O) groups excluding carboxylic acids is 2. The number of nitrogens with one attached hydrogen (secondary N) is 1. The topological polar surface area (TPSA) is 136 Å². The zero-order valence-corrected chi connectivity index (χ0v) is 21.0. The van der Waals surface area contributed by atoms with Crippen molar-refractivity contribution in [2.24, 2.45) is 0 Å². The lowest BCUT2D eigenvalue weighted by Gasteiger charge is -2.38. The van der Waals surface area contributed by atoms with E-state index in [2.05, 4.69) is 5.32 Å². The Labute approximate surface area is 219 Å². The van der Waals surface area contributed by atoms with Crippen LogP contribution in [0.5, 0.6) is 0 Å². The van der Waals surface area contributed by atoms with E-state index < -0.39 is 65.4 Å². The first kappa shape index (κ1) is 29.2. The van der Waals surface area contributed by atoms with Crippen LogP contribution in [-0.4, -0.2) is 75.4 Å². The normalized spacial score (nSPS) is 16.0. The van der Waals surface area contributed by atoms with Crippen molar-refractivity contribution >= 4 is 29.8 Å². The Morgan fingerprint density at radius 2 is 1.67 bits per heavy atom. The number of halogens is 4. The number of carboxylic acids is 1. The fraction of sp³-hybridized carbons (Fsp3) is 0.360. The highest BCUT2D eigenvalue weighted by Crippen LogP contribution is 2.35. The molecule has 1 unspecified atom stereocenters. The second-order valence-corrected chi connectivity index (χ2v) is 9.66. The van der Waals surface area contributed by atoms with Gasteiger partial charge >= 0.3 is 24.3 Å². The second-order valence-electron chi connectivity index (χ2n) is 9.66. The third kappa shape index (κ3) is 6.94. The number of hydrogen-bond acceptors (Lipinski definition) is 5. The first-order valence-corrected chi connectivity index (χ1v) is 11.5. The molecule has 3 amide bonds. The van der Waals surface area contributed by atoms with Gasteiger partial charge in [-0.25, -0.2) is 18.8 Å². The number of hydrogen-bond donors (Lipinski definition) is 3. The Hall–Kier alpha value is -4.36. The van der Waals surface area contributed by atoms with Gasteiger partial charge in [-0.3, -0.25) is 10.1 Å². The van der Waals surface area contributed by atoms with Crippen LogP contribution >= 0.6 is 0 Å². The number of anilines is 1. The highest BCUT2D eigenvalue weighted by Gasteiger charge is 2.38. The molecule has 14 heteroatoms. The minimum Gasteiger partial charge on any atom is -0.480 e. The molecule has 3 rings (SSSR count). The van der Waals surface area contributed by atoms with Gasteiger partial charge in [0.25, 0.3) is 5.91 Å². The Bertz CT molecular complexity index is 1310. The zero-order chi connectivity index (χ0) is 29.3. The summed E-state index contributed by atoms with van der Waals surface area (Å²) in [5, 5.41) is 21.3. The van der Waals surface area contributed by atoms with Gasteiger partial charge in [-0.05, 0) is 56.7 Å². The van der Waals surface area contributed by atoms with E-state index in [-0.39, 0.29) is 29.9 Å². The quantitative estimate of drug-likeness (QED) is 0.464. The molecule has 0 spiro atoms. The number of carbonyl (C=O) groups is 4. The maximum atomic E-state index is 14.6. The van der Waals surface area contributed by atoms with Crippen LogP contribution in [0, 0.1) is 5.82 Å². The Morgan fingerprint density at radius 1 is 1.00 bits per heavy atom. The molecule has 0 aliphatic carbocycles. The average molecular weight is 555 g/mol. The molecule has 2 aromatic carbocycles. The van der Waals surface area contributed by atoms with Crippen molar-refractivity contribution in [2.75, 3.05) is 25.0 Å². The molecule has 3 N–H and O–H groups in total. The van der Waals surface area contributed by atoms with Crippen LogP contribution in [0.15, 0.2) is 36.4 Å². The van der Waals surface area contributed by atoms with Crippen molar-refractivity contribution in [3.05, 3.63) is 53.3 Å². The molecule has 0 radical (unpaired) electrons. The summed E-state index contributed by atoms with van der Waals surface area (Å²) in [6.07, 6.45) is -7.15. The van der Waals surface area contributed by atoms with Crippen LogP contribution in [0.1, 0.15) is 36.7 Å². The Balaban J connectivity index is 2.11. The van der Waals surface area contributed by atoms with Crippen molar-refractivity contribution in [1.29, 1.82) is 0 Å². The molecule has 10 nitrogen and oxygen atoms in total. The zero-order valence-electron chi connectivity index (χ0n) is 21.0. The minimum absolute atomic E-state index is 0.160. The van der Waals surface area contributed by atoms with E-state index in [1.54, 1.807) is 20.8 Å². The van der Waals surface area contributed by atoms with Crippen molar-refractivity contribution < 1.29 is 51.7 Å². The average Bonchev–Trinajstić information content (AvgIpc) is 2.81. The third-order valence-corrected chi connectivity index (χ3v) is 5.69. The van der Waals surface area contributed by atoms with Gasteiger partial charge in [0, 0.05) is 18.7 Å². The second kappa shape index (κ2) is 10.8. The van der Waals surface area contributed by atoms with Gasteiger partial charge in [0.05, 0.1) is 23.4 Å². The van der Waals surface area contributed by atoms with E-state index >= 15 is 0 Å². The number of ether oxygens (including phenoxy) is 1. The number of amides is 3. The molecule has 1 aliphatic rings. The summed E-state index contributed by atoms with van der Waals surface area (Å²) in [6.45, 7) is 3.64. The van der Waals surface area contributed by atoms with Gasteiger partial charge in [0.15, 0.2) is 0 Å². The molecule has 0 aromatic heterocycles. The molecular weight excluding hydrogens is 530 g/mol. The van der Waals surface area contributed by atoms with Gasteiger partial charge in [0.1, 0.15) is 17.5 Å². The van der Waals surface area contributed by atoms with Gasteiger partial charge in [-0.15, -0.1) is 0 Å². The fourth-order valence-corrected chi connectivity index (χ4v) is 3.90. The van der Waals surface area contributed by atoms with Gasteiger partial charge in [-0.1, -0.05) is 6.07 Å². The predicted octanol–water partition coefficient (Wildman–Crippen LogP) is 4.75. The largest absolute Gasteiger partial charge is 0.480 e. The van der Waals surface area contributed by atoms with Gasteiger partial charge in [-0.2, -0.15) is 13.2 Å². The smallest absolute Gasteiger partial charge is 0.416 e. The van der Waals surface area contributed by atoms with E-state index in [1.807, 2.05) is 0 Å². The summed E-state index contributed by atoms with van der Waals surface area (Å²) in [6, 6.07) is 3.49. The summed E-state index contributed by atoms with van der Waals surface area (Å²) < 4.78 is 59.6. The number of aliphatic carboxylic acids is 1. The lowest BCUT2D eigenvalue weighted by molar-refractivity contribution is -0.144. The van der Waals surface area contributed by atoms with E-state index in [1.165, 1.54) is 6.07 Å². The van der Waals surface area contributed by atoms with Crippen LogP contribution in [0.25, 0.3) is 11.1 Å². The molecule has 0 bridgehead atoms. The SMILES string of the molecule is CC(C)(C)OC(=O)Nc1ccc(-c2cc(C(F)(F)F)ccc2F)cc1C(=O)N1CCN(C(=O)O)CC1C(=O)O. The van der Waals surface area contributed by atoms with Crippen molar-refractivity contribution in [2.45, 2.75) is 38.6 Å². The maximum absolute atomic E-state index is 14.6. The number of benzene rings is 2. The minimum atomic E-state index is -4.78. The van der Waals surface area contributed by atoms with Crippen molar-refractivity contribution in [3.8, 4) is 11.1 Å². The first-order chi connectivity index (χ1) is 18.0. The molecule has 0 saturated carbocycles. The first-order valence-electron chi connectivity index (χ1n) is 11.5. The van der Waals surface area contributed by atoms with Crippen molar-refractivity contribution in [3.63, 3.8) is 0 Å². The number of piperazine rings is 1. The van der Waals surface area contributed by atoms with E-state index in [0.717, 1.165) is 21.9 Å². The molecule has 2 aromatic rings. The predicted molar refractivity (Wildman–Crippen MR) is 129 cm³/mol. The van der Waals surface area contributed by atoms with Crippen LogP contribution in [0.4, 0.5) is 32.8 Å². The Morgan fingerprint density at radius 3 is 2.23 bits per heavy atom. The van der Waals surface area contributed by atoms with Crippen LogP contribution in [-0.2, 0) is 15.7 Å². The molecule has 210 valence electrons. The summed E-state index contributed by atoms with van der Waals surface area (Å²) >= 11 is 0. The summed E-state index contributed by atoms with van der Waals surface area (Å²) in [5.41, 5.74) is -3.28. The number of alkyl halides is 3. The standard InChI is InChI=1S/C25H25F4N3O7/c1-24(2,3)39-22(36)30-18-7-4-13(15-11-14(25(27,28)29)5-6-17(15)26)10-16(18)20(33)32-9-8-31(23(37)38)12-19(32)21(34)35/h4-7,10-11,19H,8-9,12H2,1-3H3,(H,30,36)(H,34,35)(H,37,38). The molecule has 39 heavy (non-hydrogen) atoms. The summed E-state index contributed by atoms with van der Waals surface area (Å²) in [7, 11) is 0. The molecule has 1 fully saturated rings. The lowest BCUT2D eigenvalue weighted by Crippen LogP contribution is -2.59. The third-order valence-electron chi connectivity index (χ3n) is 5.69. The number of nitrogens with zero attached hydrogens (tertiary/aromatic N) is 2. The molecule has 1 heterocycles. The highest BCUT2D eigenvalue weighted by atomic mass is 19.4. The van der Waals surface area contributed by atoms with E-state index in [4.69, 9.17) is 4.74 Å². The van der Waals surface area contributed by atoms with Gasteiger partial charge < -0.3 is 24.7 Å². The van der Waals surface area contributed by atoms with Crippen LogP contribution in [0.3, 0.4) is 0 Å². The molecule has 1 aliphatic heterocycles. The number of rotatable bonds is 4. The van der Waals surface area contributed by atoms with Crippen LogP contribution < -0.4 is 5.32 Å². The lowest BCUT2D eigenvalue weighted by atomic mass is 9.98. The monoisotopic (exact) mass is 555 g/mol. The highest BCUT2D eigenvalue weighted by molar-refractivity contribution is 6.05. The van der Waals surface area contributed by atoms with E-state index in [0.29, 0.717) is 18.2 Å². The van der Waals surface area contributed by atoms with Crippen molar-refractivity contribution in [1.82, 2.24) is 9.80 Å². The molecule has 1 atom stereocenters. The summed E-state index contributed by atoms with van der Waals surface area (Å²) in [5.74, 6) is -3.50. The summed E-state index contributed by atoms with van der Waals surface area (Å²) in [4.78, 5) is 50.9. The van der Waals surface area contributed by atoms with E-state index in [9.17, 15) is 47.0 Å². The maximum Gasteiger partial charge on any atom is 0.416 e. The fourth-order valence-electron chi connectivity index (χ4n) is 3.90. The van der Waals surface area contributed by atoms with Gasteiger partial charge in [0.2, 0.25) is 0 Å². The Kier molecular flexibility index (Phi) is 8.08. The molecule has 1 saturated heterocycles.